The molecule has 0 fully saturated rings. The third-order valence-corrected chi connectivity index (χ3v) is 2.57. The molecule has 0 heterocycles. The molecule has 8 nitrogen and oxygen atoms in total. The molecule has 0 aromatic heterocycles. The van der Waals surface area contributed by atoms with Gasteiger partial charge in [0.15, 0.2) is 6.10 Å². The number of hydrogen-bond donors (Lipinski definition) is 2. The topological polar surface area (TPSA) is 119 Å². The Hall–Kier alpha value is -2.74. The highest BCUT2D eigenvalue weighted by atomic mass is 16.6. The number of carbonyl (C=O) groups is 2. The molecule has 0 saturated carbocycles. The molecular formula is C13H14N2O6. The molecule has 2 N–H and O–H groups in total. The van der Waals surface area contributed by atoms with Crippen molar-refractivity contribution in [3.8, 4) is 0 Å². The van der Waals surface area contributed by atoms with Gasteiger partial charge >= 0.3 is 5.97 Å². The number of carbonyl (C=O) groups excluding carboxylic acids is 1. The van der Waals surface area contributed by atoms with Crippen molar-refractivity contribution in [3.63, 3.8) is 0 Å². The van der Waals surface area contributed by atoms with Crippen LogP contribution in [0.5, 0.6) is 0 Å². The van der Waals surface area contributed by atoms with Crippen LogP contribution in [0.4, 0.5) is 5.69 Å². The van der Waals surface area contributed by atoms with Crippen LogP contribution in [0.1, 0.15) is 5.56 Å². The Morgan fingerprint density at radius 3 is 2.71 bits per heavy atom. The molecule has 21 heavy (non-hydrogen) atoms. The van der Waals surface area contributed by atoms with Gasteiger partial charge < -0.3 is 15.2 Å². The van der Waals surface area contributed by atoms with Crippen molar-refractivity contribution in [2.24, 2.45) is 0 Å². The molecule has 1 aromatic rings. The fraction of sp³-hybridized carbons (Fsp3) is 0.231. The Balaban J connectivity index is 2.67. The number of carboxylic acid groups (broad SMARTS) is 1. The minimum absolute atomic E-state index is 0.123. The van der Waals surface area contributed by atoms with Gasteiger partial charge in [-0.15, -0.1) is 0 Å². The van der Waals surface area contributed by atoms with Crippen molar-refractivity contribution in [1.82, 2.24) is 5.32 Å². The maximum atomic E-state index is 11.5. The average molecular weight is 294 g/mol. The van der Waals surface area contributed by atoms with Crippen LogP contribution in [-0.4, -0.2) is 41.7 Å². The SMILES string of the molecule is COC(CNC(=O)/C=C/c1ccccc1[N+](=O)[O-])C(=O)O. The van der Waals surface area contributed by atoms with Crippen molar-refractivity contribution in [3.05, 3.63) is 46.0 Å². The molecule has 1 rings (SSSR count). The lowest BCUT2D eigenvalue weighted by molar-refractivity contribution is -0.385. The standard InChI is InChI=1S/C13H14N2O6/c1-21-11(13(17)18)8-14-12(16)7-6-9-4-2-3-5-10(9)15(19)20/h2-7,11H,8H2,1H3,(H,14,16)(H,17,18)/b7-6+. The number of methoxy groups -OCH3 is 1. The van der Waals surface area contributed by atoms with E-state index in [1.807, 2.05) is 0 Å². The molecule has 0 spiro atoms. The van der Waals surface area contributed by atoms with E-state index in [0.717, 1.165) is 6.08 Å². The van der Waals surface area contributed by atoms with E-state index in [9.17, 15) is 19.7 Å². The first-order valence-corrected chi connectivity index (χ1v) is 5.90. The van der Waals surface area contributed by atoms with Crippen molar-refractivity contribution in [1.29, 1.82) is 0 Å². The number of para-hydroxylation sites is 1. The number of amides is 1. The number of benzene rings is 1. The maximum Gasteiger partial charge on any atom is 0.334 e. The van der Waals surface area contributed by atoms with Crippen LogP contribution in [0, 0.1) is 10.1 Å². The highest BCUT2D eigenvalue weighted by molar-refractivity contribution is 5.92. The largest absolute Gasteiger partial charge is 0.479 e. The fourth-order valence-electron chi connectivity index (χ4n) is 1.48. The van der Waals surface area contributed by atoms with Crippen molar-refractivity contribution in [2.75, 3.05) is 13.7 Å². The smallest absolute Gasteiger partial charge is 0.334 e. The molecular weight excluding hydrogens is 280 g/mol. The summed E-state index contributed by atoms with van der Waals surface area (Å²) in [6.45, 7) is -0.202. The third kappa shape index (κ3) is 5.03. The van der Waals surface area contributed by atoms with Crippen LogP contribution in [0.2, 0.25) is 0 Å². The van der Waals surface area contributed by atoms with Gasteiger partial charge in [0, 0.05) is 19.3 Å². The minimum Gasteiger partial charge on any atom is -0.479 e. The molecule has 0 saturated heterocycles. The number of aliphatic carboxylic acids is 1. The van der Waals surface area contributed by atoms with E-state index in [1.54, 1.807) is 6.07 Å². The van der Waals surface area contributed by atoms with Gasteiger partial charge in [-0.2, -0.15) is 0 Å². The number of carboxylic acids is 1. The summed E-state index contributed by atoms with van der Waals surface area (Å²) in [5.41, 5.74) is 0.154. The van der Waals surface area contributed by atoms with Gasteiger partial charge in [-0.05, 0) is 12.1 Å². The zero-order valence-electron chi connectivity index (χ0n) is 11.2. The van der Waals surface area contributed by atoms with Gasteiger partial charge in [-0.3, -0.25) is 14.9 Å². The van der Waals surface area contributed by atoms with E-state index in [4.69, 9.17) is 5.11 Å². The van der Waals surface area contributed by atoms with Crippen molar-refractivity contribution < 1.29 is 24.4 Å². The number of nitro groups is 1. The number of rotatable bonds is 7. The molecule has 1 aromatic carbocycles. The van der Waals surface area contributed by atoms with E-state index in [0.29, 0.717) is 0 Å². The van der Waals surface area contributed by atoms with Crippen LogP contribution >= 0.6 is 0 Å². The van der Waals surface area contributed by atoms with Crippen molar-refractivity contribution >= 4 is 23.6 Å². The summed E-state index contributed by atoms with van der Waals surface area (Å²) in [6, 6.07) is 5.95. The molecule has 0 aliphatic heterocycles. The molecule has 1 amide bonds. The molecule has 0 aliphatic carbocycles. The summed E-state index contributed by atoms with van der Waals surface area (Å²) < 4.78 is 4.65. The highest BCUT2D eigenvalue weighted by Gasteiger charge is 2.16. The zero-order chi connectivity index (χ0) is 15.8. The number of nitrogens with zero attached hydrogens (tertiary/aromatic N) is 1. The van der Waals surface area contributed by atoms with Gasteiger partial charge in [-0.1, -0.05) is 12.1 Å². The summed E-state index contributed by atoms with van der Waals surface area (Å²) in [5.74, 6) is -1.77. The normalized spacial score (nSPS) is 12.0. The molecule has 1 atom stereocenters. The Labute approximate surface area is 120 Å². The van der Waals surface area contributed by atoms with Gasteiger partial charge in [0.2, 0.25) is 5.91 Å². The first-order chi connectivity index (χ1) is 9.95. The Morgan fingerprint density at radius 2 is 2.14 bits per heavy atom. The fourth-order valence-corrected chi connectivity index (χ4v) is 1.48. The lowest BCUT2D eigenvalue weighted by atomic mass is 10.1. The van der Waals surface area contributed by atoms with Crippen LogP contribution < -0.4 is 5.32 Å². The first kappa shape index (κ1) is 16.3. The summed E-state index contributed by atoms with van der Waals surface area (Å²) >= 11 is 0. The average Bonchev–Trinajstić information content (AvgIpc) is 2.45. The molecule has 112 valence electrons. The molecule has 0 radical (unpaired) electrons. The number of nitro benzene ring substituents is 1. The Kier molecular flexibility index (Phi) is 6.02. The predicted octanol–water partition coefficient (Wildman–Crippen LogP) is 0.824. The third-order valence-electron chi connectivity index (χ3n) is 2.57. The number of hydrogen-bond acceptors (Lipinski definition) is 5. The second kappa shape index (κ2) is 7.75. The highest BCUT2D eigenvalue weighted by Crippen LogP contribution is 2.18. The number of nitrogens with one attached hydrogen (secondary N) is 1. The maximum absolute atomic E-state index is 11.5. The Morgan fingerprint density at radius 1 is 1.48 bits per heavy atom. The molecule has 8 heteroatoms. The summed E-state index contributed by atoms with van der Waals surface area (Å²) in [7, 11) is 1.22. The van der Waals surface area contributed by atoms with E-state index in [1.165, 1.54) is 31.4 Å². The van der Waals surface area contributed by atoms with E-state index < -0.39 is 22.9 Å². The lowest BCUT2D eigenvalue weighted by Crippen LogP contribution is -2.37. The van der Waals surface area contributed by atoms with E-state index in [-0.39, 0.29) is 17.8 Å². The van der Waals surface area contributed by atoms with Gasteiger partial charge in [0.1, 0.15) is 0 Å². The zero-order valence-corrected chi connectivity index (χ0v) is 11.2. The van der Waals surface area contributed by atoms with Gasteiger partial charge in [0.25, 0.3) is 5.69 Å². The summed E-state index contributed by atoms with van der Waals surface area (Å²) in [6.07, 6.45) is 1.24. The monoisotopic (exact) mass is 294 g/mol. The van der Waals surface area contributed by atoms with Crippen LogP contribution in [-0.2, 0) is 14.3 Å². The quantitative estimate of drug-likeness (QED) is 0.436. The van der Waals surface area contributed by atoms with Crippen LogP contribution in [0.15, 0.2) is 30.3 Å². The summed E-state index contributed by atoms with van der Waals surface area (Å²) in [5, 5.41) is 21.8. The van der Waals surface area contributed by atoms with Gasteiger partial charge in [0.05, 0.1) is 17.0 Å². The minimum atomic E-state index is -1.19. The second-order valence-corrected chi connectivity index (χ2v) is 3.96. The molecule has 0 bridgehead atoms. The predicted molar refractivity (Wildman–Crippen MR) is 73.6 cm³/mol. The van der Waals surface area contributed by atoms with E-state index in [2.05, 4.69) is 10.1 Å². The van der Waals surface area contributed by atoms with Crippen molar-refractivity contribution in [2.45, 2.75) is 6.10 Å². The molecule has 0 aliphatic rings. The Bertz CT molecular complexity index is 570. The van der Waals surface area contributed by atoms with E-state index >= 15 is 0 Å². The lowest BCUT2D eigenvalue weighted by Gasteiger charge is -2.09. The second-order valence-electron chi connectivity index (χ2n) is 3.96. The van der Waals surface area contributed by atoms with Crippen LogP contribution in [0.25, 0.3) is 6.08 Å². The van der Waals surface area contributed by atoms with Gasteiger partial charge in [-0.25, -0.2) is 4.79 Å². The van der Waals surface area contributed by atoms with Crippen LogP contribution in [0.3, 0.4) is 0 Å². The first-order valence-electron chi connectivity index (χ1n) is 5.90. The molecule has 1 unspecified atom stereocenters. The number of ether oxygens (including phenoxy) is 1. The summed E-state index contributed by atoms with van der Waals surface area (Å²) in [4.78, 5) is 32.4.